The Morgan fingerprint density at radius 3 is 2.96 bits per heavy atom. The molecule has 1 aromatic carbocycles. The van der Waals surface area contributed by atoms with Crippen LogP contribution in [0.15, 0.2) is 24.3 Å². The number of nitrogens with zero attached hydrogens (tertiary/aromatic N) is 1. The molecule has 2 rings (SSSR count). The van der Waals surface area contributed by atoms with Crippen LogP contribution in [0.4, 0.5) is 5.69 Å². The molecule has 8 heteroatoms. The molecule has 7 nitrogen and oxygen atoms in total. The van der Waals surface area contributed by atoms with Crippen LogP contribution in [0.3, 0.4) is 0 Å². The molecule has 0 bridgehead atoms. The zero-order chi connectivity index (χ0) is 16.8. The number of piperazine rings is 1. The van der Waals surface area contributed by atoms with Gasteiger partial charge in [0, 0.05) is 23.8 Å². The molecule has 1 aromatic rings. The Hall–Kier alpha value is -2.12. The van der Waals surface area contributed by atoms with E-state index < -0.39 is 12.0 Å². The predicted molar refractivity (Wildman–Crippen MR) is 85.1 cm³/mol. The molecule has 1 atom stereocenters. The molecule has 23 heavy (non-hydrogen) atoms. The number of nitrogens with one attached hydrogen (secondary N) is 2. The Labute approximate surface area is 138 Å². The summed E-state index contributed by atoms with van der Waals surface area (Å²) < 4.78 is 4.60. The van der Waals surface area contributed by atoms with Crippen molar-refractivity contribution in [3.63, 3.8) is 0 Å². The van der Waals surface area contributed by atoms with E-state index in [0.717, 1.165) is 0 Å². The van der Waals surface area contributed by atoms with Gasteiger partial charge in [-0.1, -0.05) is 17.7 Å². The van der Waals surface area contributed by atoms with E-state index in [1.54, 1.807) is 29.2 Å². The van der Waals surface area contributed by atoms with E-state index >= 15 is 0 Å². The zero-order valence-electron chi connectivity index (χ0n) is 12.7. The maximum Gasteiger partial charge on any atom is 0.307 e. The lowest BCUT2D eigenvalue weighted by Crippen LogP contribution is -2.57. The molecule has 1 aliphatic rings. The summed E-state index contributed by atoms with van der Waals surface area (Å²) in [5.74, 6) is -1.05. The van der Waals surface area contributed by atoms with Gasteiger partial charge >= 0.3 is 5.97 Å². The molecule has 1 fully saturated rings. The first kappa shape index (κ1) is 17.2. The summed E-state index contributed by atoms with van der Waals surface area (Å²) in [6.07, 6.45) is -0.0905. The van der Waals surface area contributed by atoms with Gasteiger partial charge in [0.2, 0.25) is 11.8 Å². The lowest BCUT2D eigenvalue weighted by molar-refractivity contribution is -0.146. The summed E-state index contributed by atoms with van der Waals surface area (Å²) in [5.41, 5.74) is 0.577. The molecule has 0 saturated carbocycles. The van der Waals surface area contributed by atoms with E-state index in [1.807, 2.05) is 0 Å². The first-order valence-corrected chi connectivity index (χ1v) is 7.51. The third-order valence-electron chi connectivity index (χ3n) is 3.48. The van der Waals surface area contributed by atoms with E-state index in [4.69, 9.17) is 11.6 Å². The lowest BCUT2D eigenvalue weighted by atomic mass is 10.1. The van der Waals surface area contributed by atoms with Gasteiger partial charge in [-0.05, 0) is 18.2 Å². The van der Waals surface area contributed by atoms with Crippen molar-refractivity contribution in [2.45, 2.75) is 12.5 Å². The highest BCUT2D eigenvalue weighted by atomic mass is 35.5. The molecule has 2 amide bonds. The van der Waals surface area contributed by atoms with Gasteiger partial charge in [-0.15, -0.1) is 0 Å². The summed E-state index contributed by atoms with van der Waals surface area (Å²) in [5, 5.41) is 5.92. The Kier molecular flexibility index (Phi) is 5.95. The first-order valence-electron chi connectivity index (χ1n) is 7.13. The average Bonchev–Trinajstić information content (AvgIpc) is 2.50. The van der Waals surface area contributed by atoms with E-state index in [9.17, 15) is 14.4 Å². The second kappa shape index (κ2) is 7.94. The molecule has 0 aromatic heterocycles. The summed E-state index contributed by atoms with van der Waals surface area (Å²) in [6, 6.07) is 6.08. The summed E-state index contributed by atoms with van der Waals surface area (Å²) in [4.78, 5) is 37.2. The highest BCUT2D eigenvalue weighted by molar-refractivity contribution is 6.30. The minimum Gasteiger partial charge on any atom is -0.469 e. The van der Waals surface area contributed by atoms with Crippen molar-refractivity contribution in [1.82, 2.24) is 10.2 Å². The van der Waals surface area contributed by atoms with Gasteiger partial charge in [0.15, 0.2) is 0 Å². The van der Waals surface area contributed by atoms with Crippen molar-refractivity contribution in [3.05, 3.63) is 29.3 Å². The fourth-order valence-electron chi connectivity index (χ4n) is 2.37. The van der Waals surface area contributed by atoms with Crippen molar-refractivity contribution >= 4 is 35.1 Å². The van der Waals surface area contributed by atoms with Crippen LogP contribution in [0.1, 0.15) is 6.42 Å². The van der Waals surface area contributed by atoms with Gasteiger partial charge in [0.1, 0.15) is 6.04 Å². The van der Waals surface area contributed by atoms with Crippen LogP contribution in [0.2, 0.25) is 5.02 Å². The predicted octanol–water partition coefficient (Wildman–Crippen LogP) is 0.642. The Balaban J connectivity index is 1.99. The van der Waals surface area contributed by atoms with Crippen molar-refractivity contribution < 1.29 is 19.1 Å². The summed E-state index contributed by atoms with van der Waals surface area (Å²) in [6.45, 7) is 0.916. The number of benzene rings is 1. The smallest absolute Gasteiger partial charge is 0.307 e. The molecule has 124 valence electrons. The first-order chi connectivity index (χ1) is 11.0. The second-order valence-electron chi connectivity index (χ2n) is 5.12. The van der Waals surface area contributed by atoms with Gasteiger partial charge in [-0.2, -0.15) is 0 Å². The number of hydrogen-bond donors (Lipinski definition) is 2. The maximum atomic E-state index is 12.2. The Morgan fingerprint density at radius 2 is 2.26 bits per heavy atom. The molecular weight excluding hydrogens is 322 g/mol. The van der Waals surface area contributed by atoms with Crippen molar-refractivity contribution in [3.8, 4) is 0 Å². The van der Waals surface area contributed by atoms with Crippen LogP contribution >= 0.6 is 11.6 Å². The maximum absolute atomic E-state index is 12.2. The number of rotatable bonds is 5. The van der Waals surface area contributed by atoms with Gasteiger partial charge in [-0.3, -0.25) is 19.3 Å². The van der Waals surface area contributed by atoms with E-state index in [1.165, 1.54) is 7.11 Å². The molecule has 0 radical (unpaired) electrons. The lowest BCUT2D eigenvalue weighted by Gasteiger charge is -2.33. The standard InChI is InChI=1S/C15H18ClN3O4/c1-23-14(21)8-12-15(22)17-5-6-19(12)9-13(20)18-11-4-2-3-10(16)7-11/h2-4,7,12H,5-6,8-9H2,1H3,(H,17,22)(H,18,20). The number of methoxy groups -OCH3 is 1. The van der Waals surface area contributed by atoms with Crippen molar-refractivity contribution in [2.75, 3.05) is 32.1 Å². The average molecular weight is 340 g/mol. The summed E-state index contributed by atoms with van der Waals surface area (Å²) in [7, 11) is 1.26. The van der Waals surface area contributed by atoms with Crippen LogP contribution < -0.4 is 10.6 Å². The van der Waals surface area contributed by atoms with Crippen LogP contribution in [-0.4, -0.2) is 55.5 Å². The van der Waals surface area contributed by atoms with Crippen LogP contribution in [0.25, 0.3) is 0 Å². The quantitative estimate of drug-likeness (QED) is 0.769. The Morgan fingerprint density at radius 1 is 1.48 bits per heavy atom. The zero-order valence-corrected chi connectivity index (χ0v) is 13.4. The number of hydrogen-bond acceptors (Lipinski definition) is 5. The number of esters is 1. The Bertz CT molecular complexity index is 608. The van der Waals surface area contributed by atoms with Gasteiger partial charge in [0.05, 0.1) is 20.1 Å². The number of amides is 2. The van der Waals surface area contributed by atoms with E-state index in [2.05, 4.69) is 15.4 Å². The molecule has 0 spiro atoms. The molecule has 1 saturated heterocycles. The minimum atomic E-state index is -0.707. The molecule has 1 aliphatic heterocycles. The fraction of sp³-hybridized carbons (Fsp3) is 0.400. The number of anilines is 1. The molecule has 1 unspecified atom stereocenters. The minimum absolute atomic E-state index is 0.00158. The third-order valence-corrected chi connectivity index (χ3v) is 3.72. The van der Waals surface area contributed by atoms with Crippen molar-refractivity contribution in [1.29, 1.82) is 0 Å². The normalized spacial score (nSPS) is 18.2. The third kappa shape index (κ3) is 4.94. The number of carbonyl (C=O) groups excluding carboxylic acids is 3. The SMILES string of the molecule is COC(=O)CC1C(=O)NCCN1CC(=O)Nc1cccc(Cl)c1. The number of carbonyl (C=O) groups is 3. The highest BCUT2D eigenvalue weighted by Gasteiger charge is 2.32. The van der Waals surface area contributed by atoms with Crippen LogP contribution in [0.5, 0.6) is 0 Å². The fourth-order valence-corrected chi connectivity index (χ4v) is 2.56. The van der Waals surface area contributed by atoms with Crippen LogP contribution in [0, 0.1) is 0 Å². The molecule has 1 heterocycles. The number of halogens is 1. The van der Waals surface area contributed by atoms with Gasteiger partial charge in [-0.25, -0.2) is 0 Å². The topological polar surface area (TPSA) is 87.7 Å². The highest BCUT2D eigenvalue weighted by Crippen LogP contribution is 2.15. The van der Waals surface area contributed by atoms with Gasteiger partial charge < -0.3 is 15.4 Å². The van der Waals surface area contributed by atoms with Crippen LogP contribution in [-0.2, 0) is 19.1 Å². The van der Waals surface area contributed by atoms with E-state index in [0.29, 0.717) is 23.8 Å². The number of ether oxygens (including phenoxy) is 1. The van der Waals surface area contributed by atoms with Crippen molar-refractivity contribution in [2.24, 2.45) is 0 Å². The second-order valence-corrected chi connectivity index (χ2v) is 5.55. The monoisotopic (exact) mass is 339 g/mol. The van der Waals surface area contributed by atoms with E-state index in [-0.39, 0.29) is 24.8 Å². The summed E-state index contributed by atoms with van der Waals surface area (Å²) >= 11 is 5.87. The molecular formula is C15H18ClN3O4. The largest absolute Gasteiger partial charge is 0.469 e. The van der Waals surface area contributed by atoms with Gasteiger partial charge in [0.25, 0.3) is 0 Å². The molecule has 0 aliphatic carbocycles. The molecule has 2 N–H and O–H groups in total.